The van der Waals surface area contributed by atoms with E-state index in [1.54, 1.807) is 78.9 Å². The first-order valence-corrected chi connectivity index (χ1v) is 23.2. The van der Waals surface area contributed by atoms with Gasteiger partial charge in [0.25, 0.3) is 0 Å². The number of benzene rings is 5. The Labute approximate surface area is 398 Å². The van der Waals surface area contributed by atoms with Crippen LogP contribution in [0.3, 0.4) is 0 Å². The summed E-state index contributed by atoms with van der Waals surface area (Å²) in [5.74, 6) is -5.17. The van der Waals surface area contributed by atoms with Crippen LogP contribution in [0.5, 0.6) is 0 Å². The first kappa shape index (κ1) is 48.0. The average molecular weight is 933 g/mol. The highest BCUT2D eigenvalue weighted by molar-refractivity contribution is 7.09. The van der Waals surface area contributed by atoms with Gasteiger partial charge < -0.3 is 37.0 Å². The summed E-state index contributed by atoms with van der Waals surface area (Å²) >= 11 is 1.39. The number of thiophene rings is 1. The number of rotatable bonds is 12. The van der Waals surface area contributed by atoms with Gasteiger partial charge in [-0.25, -0.2) is 4.79 Å². The van der Waals surface area contributed by atoms with E-state index in [4.69, 9.17) is 0 Å². The van der Waals surface area contributed by atoms with Gasteiger partial charge in [0.2, 0.25) is 35.4 Å². The van der Waals surface area contributed by atoms with Gasteiger partial charge in [0.15, 0.2) is 0 Å². The maximum absolute atomic E-state index is 14.7. The number of amides is 6. The number of hydrogen-bond acceptors (Lipinski definition) is 8. The van der Waals surface area contributed by atoms with E-state index in [9.17, 15) is 38.7 Å². The number of hydrogen-bond donors (Lipinski definition) is 7. The molecule has 14 nitrogen and oxygen atoms in total. The molecule has 0 fully saturated rings. The van der Waals surface area contributed by atoms with Crippen LogP contribution in [0.1, 0.15) is 40.0 Å². The highest BCUT2D eigenvalue weighted by Crippen LogP contribution is 2.21. The van der Waals surface area contributed by atoms with Crippen LogP contribution in [0.2, 0.25) is 0 Å². The van der Waals surface area contributed by atoms with Crippen LogP contribution in [0.15, 0.2) is 157 Å². The molecule has 68 heavy (non-hydrogen) atoms. The zero-order valence-corrected chi connectivity index (χ0v) is 37.9. The van der Waals surface area contributed by atoms with Gasteiger partial charge in [0, 0.05) is 55.5 Å². The number of carboxylic acids is 1. The third-order valence-corrected chi connectivity index (χ3v) is 12.4. The van der Waals surface area contributed by atoms with Crippen molar-refractivity contribution in [3.63, 3.8) is 0 Å². The summed E-state index contributed by atoms with van der Waals surface area (Å²) in [7, 11) is 0. The Morgan fingerprint density at radius 1 is 0.559 bits per heavy atom. The van der Waals surface area contributed by atoms with E-state index in [0.29, 0.717) is 27.9 Å². The van der Waals surface area contributed by atoms with Crippen molar-refractivity contribution in [1.29, 1.82) is 0 Å². The molecule has 0 aliphatic carbocycles. The van der Waals surface area contributed by atoms with Crippen molar-refractivity contribution in [1.82, 2.24) is 26.6 Å². The van der Waals surface area contributed by atoms with Crippen LogP contribution in [0.4, 0.5) is 5.69 Å². The summed E-state index contributed by atoms with van der Waals surface area (Å²) in [6.07, 6.45) is -0.481. The van der Waals surface area contributed by atoms with Crippen molar-refractivity contribution >= 4 is 58.4 Å². The van der Waals surface area contributed by atoms with Gasteiger partial charge in [0.05, 0.1) is 0 Å². The molecule has 7 N–H and O–H groups in total. The molecule has 1 aromatic heterocycles. The molecule has 0 spiro atoms. The first-order valence-electron chi connectivity index (χ1n) is 22.3. The quantitative estimate of drug-likeness (QED) is 0.0813. The molecule has 6 aromatic rings. The van der Waals surface area contributed by atoms with Crippen molar-refractivity contribution in [2.75, 3.05) is 5.32 Å². The van der Waals surface area contributed by atoms with Gasteiger partial charge in [-0.2, -0.15) is 0 Å². The van der Waals surface area contributed by atoms with Gasteiger partial charge >= 0.3 is 5.97 Å². The fraction of sp³-hybridized carbons (Fsp3) is 0.226. The number of fused-ring (bicyclic) bond motifs is 18. The Kier molecular flexibility index (Phi) is 16.6. The van der Waals surface area contributed by atoms with Gasteiger partial charge in [0.1, 0.15) is 30.2 Å². The predicted octanol–water partition coefficient (Wildman–Crippen LogP) is 5.17. The molecule has 15 heteroatoms. The minimum atomic E-state index is -1.35. The average Bonchev–Trinajstić information content (AvgIpc) is 3.87. The molecule has 5 unspecified atom stereocenters. The van der Waals surface area contributed by atoms with Gasteiger partial charge in [-0.1, -0.05) is 133 Å². The predicted molar refractivity (Wildman–Crippen MR) is 259 cm³/mol. The Morgan fingerprint density at radius 2 is 1.09 bits per heavy atom. The largest absolute Gasteiger partial charge is 0.480 e. The standard InChI is InChI=1S/C53H52N6O8S/c60-47-26-27-48(61)55-45(33-41-17-10-28-68-41)52(65)58-43(30-36-18-22-39(23-19-36)38-15-8-3-9-16-38)50(63)56-42(29-34-11-4-1-5-12-34)49(62)57-44(31-37-20-24-40(54-47)25-21-37)51(64)59-46(53(66)67)32-35-13-6-2-7-14-35/h1-25,28,42-46H,26-27,29-33H2,(H,54,60)(H,55,61)(H,56,63)(H,57,62)(H,58,65)(H,59,64)(H,66,67). The Bertz CT molecular complexity index is 2670. The molecule has 0 saturated carbocycles. The zero-order valence-electron chi connectivity index (χ0n) is 37.1. The van der Waals surface area contributed by atoms with E-state index in [1.807, 2.05) is 78.2 Å². The molecule has 0 radical (unpaired) electrons. The third-order valence-electron chi connectivity index (χ3n) is 11.5. The lowest BCUT2D eigenvalue weighted by molar-refractivity contribution is -0.142. The van der Waals surface area contributed by atoms with Crippen LogP contribution in [-0.4, -0.2) is 76.7 Å². The lowest BCUT2D eigenvalue weighted by atomic mass is 9.98. The number of aliphatic carboxylic acids is 1. The van der Waals surface area contributed by atoms with E-state index in [1.165, 1.54) is 11.3 Å². The van der Waals surface area contributed by atoms with E-state index < -0.39 is 71.6 Å². The Hall–Kier alpha value is -7.91. The molecule has 8 rings (SSSR count). The number of carbonyl (C=O) groups is 7. The van der Waals surface area contributed by atoms with E-state index in [-0.39, 0.29) is 44.9 Å². The zero-order chi connectivity index (χ0) is 47.8. The molecule has 3 heterocycles. The molecule has 2 aliphatic rings. The summed E-state index contributed by atoms with van der Waals surface area (Å²) in [6.45, 7) is 0. The fourth-order valence-corrected chi connectivity index (χ4v) is 8.58. The second kappa shape index (κ2) is 23.5. The van der Waals surface area contributed by atoms with Crippen molar-refractivity contribution in [3.05, 3.63) is 184 Å². The van der Waals surface area contributed by atoms with Crippen LogP contribution in [0.25, 0.3) is 11.1 Å². The second-order valence-electron chi connectivity index (χ2n) is 16.6. The lowest BCUT2D eigenvalue weighted by Gasteiger charge is -2.27. The minimum Gasteiger partial charge on any atom is -0.480 e. The number of nitrogens with one attached hydrogen (secondary N) is 6. The molecule has 6 amide bonds. The second-order valence-corrected chi connectivity index (χ2v) is 17.6. The third kappa shape index (κ3) is 14.0. The minimum absolute atomic E-state index is 0.00893. The van der Waals surface area contributed by atoms with Crippen LogP contribution in [0, 0.1) is 0 Å². The maximum atomic E-state index is 14.7. The monoisotopic (exact) mass is 932 g/mol. The van der Waals surface area contributed by atoms with Gasteiger partial charge in [-0.15, -0.1) is 11.3 Å². The lowest BCUT2D eigenvalue weighted by Crippen LogP contribution is -2.60. The molecule has 2 bridgehead atoms. The smallest absolute Gasteiger partial charge is 0.326 e. The summed E-state index contributed by atoms with van der Waals surface area (Å²) in [6, 6.07) is 38.8. The first-order chi connectivity index (χ1) is 32.9. The molecule has 0 saturated heterocycles. The summed E-state index contributed by atoms with van der Waals surface area (Å²) < 4.78 is 0. The van der Waals surface area contributed by atoms with Crippen molar-refractivity contribution < 1.29 is 38.7 Å². The normalized spacial score (nSPS) is 18.9. The SMILES string of the molecule is O=C1CCC(=O)NC(Cc2cccs2)C(=O)NC(Cc2ccc(-c3ccccc3)cc2)C(=O)NC(Cc2ccccc2)C(=O)NC(C(=O)NC(Cc2ccccc2)C(=O)O)Cc2ccc(cc2)N1. The fourth-order valence-electron chi connectivity index (χ4n) is 7.83. The molecular weight excluding hydrogens is 881 g/mol. The van der Waals surface area contributed by atoms with Gasteiger partial charge in [-0.05, 0) is 57.0 Å². The van der Waals surface area contributed by atoms with Crippen molar-refractivity contribution in [2.45, 2.75) is 75.2 Å². The molecule has 2 aliphatic heterocycles. The topological polar surface area (TPSA) is 212 Å². The van der Waals surface area contributed by atoms with Crippen LogP contribution >= 0.6 is 11.3 Å². The summed E-state index contributed by atoms with van der Waals surface area (Å²) in [4.78, 5) is 97.8. The Balaban J connectivity index is 1.23. The molecule has 5 atom stereocenters. The van der Waals surface area contributed by atoms with Crippen molar-refractivity contribution in [2.24, 2.45) is 0 Å². The highest BCUT2D eigenvalue weighted by atomic mass is 32.1. The molecule has 5 aromatic carbocycles. The number of carbonyl (C=O) groups excluding carboxylic acids is 6. The van der Waals surface area contributed by atoms with Crippen molar-refractivity contribution in [3.8, 4) is 11.1 Å². The highest BCUT2D eigenvalue weighted by Gasteiger charge is 2.33. The van der Waals surface area contributed by atoms with E-state index in [0.717, 1.165) is 16.0 Å². The molecular formula is C53H52N6O8S. The maximum Gasteiger partial charge on any atom is 0.326 e. The summed E-state index contributed by atoms with van der Waals surface area (Å²) in [5, 5.41) is 28.7. The Morgan fingerprint density at radius 3 is 1.68 bits per heavy atom. The number of carboxylic acid groups (broad SMARTS) is 1. The molecule has 348 valence electrons. The van der Waals surface area contributed by atoms with E-state index in [2.05, 4.69) is 31.9 Å². The summed E-state index contributed by atoms with van der Waals surface area (Å²) in [5.41, 5.74) is 4.94. The number of anilines is 1. The van der Waals surface area contributed by atoms with Gasteiger partial charge in [-0.3, -0.25) is 28.8 Å². The van der Waals surface area contributed by atoms with E-state index >= 15 is 0 Å². The van der Waals surface area contributed by atoms with Crippen LogP contribution < -0.4 is 31.9 Å². The van der Waals surface area contributed by atoms with Crippen LogP contribution in [-0.2, 0) is 65.7 Å².